The van der Waals surface area contributed by atoms with E-state index in [0.717, 1.165) is 17.7 Å². The van der Waals surface area contributed by atoms with E-state index in [4.69, 9.17) is 5.73 Å². The third kappa shape index (κ3) is 3.88. The molecular weight excluding hydrogens is 280 g/mol. The molecule has 0 aromatic heterocycles. The summed E-state index contributed by atoms with van der Waals surface area (Å²) in [6.07, 6.45) is 1.05. The lowest BCUT2D eigenvalue weighted by molar-refractivity contribution is -0.122. The van der Waals surface area contributed by atoms with Gasteiger partial charge in [0, 0.05) is 12.1 Å². The van der Waals surface area contributed by atoms with Crippen molar-refractivity contribution in [3.05, 3.63) is 35.4 Å². The first-order valence-electron chi connectivity index (χ1n) is 6.25. The van der Waals surface area contributed by atoms with Crippen LogP contribution >= 0.6 is 24.2 Å². The lowest BCUT2D eigenvalue weighted by atomic mass is 9.99. The van der Waals surface area contributed by atoms with Crippen molar-refractivity contribution in [2.45, 2.75) is 31.1 Å². The number of nitrogens with two attached hydrogens (primary N) is 1. The van der Waals surface area contributed by atoms with E-state index in [1.165, 1.54) is 5.56 Å². The van der Waals surface area contributed by atoms with E-state index in [9.17, 15) is 4.79 Å². The van der Waals surface area contributed by atoms with Gasteiger partial charge in [-0.05, 0) is 37.1 Å². The highest BCUT2D eigenvalue weighted by Crippen LogP contribution is 2.36. The maximum absolute atomic E-state index is 12.3. The van der Waals surface area contributed by atoms with Crippen LogP contribution in [0.3, 0.4) is 0 Å². The molecule has 1 aromatic carbocycles. The minimum absolute atomic E-state index is 0. The Kier molecular flexibility index (Phi) is 5.71. The zero-order valence-electron chi connectivity index (χ0n) is 11.3. The third-order valence-corrected chi connectivity index (χ3v) is 4.44. The van der Waals surface area contributed by atoms with E-state index in [-0.39, 0.29) is 29.1 Å². The van der Waals surface area contributed by atoms with Crippen molar-refractivity contribution in [1.29, 1.82) is 0 Å². The summed E-state index contributed by atoms with van der Waals surface area (Å²) in [6.45, 7) is 4.34. The van der Waals surface area contributed by atoms with E-state index in [1.807, 2.05) is 26.0 Å². The van der Waals surface area contributed by atoms with Crippen molar-refractivity contribution in [2.24, 2.45) is 5.73 Å². The van der Waals surface area contributed by atoms with Gasteiger partial charge in [0.1, 0.15) is 5.25 Å². The van der Waals surface area contributed by atoms with Crippen molar-refractivity contribution in [1.82, 2.24) is 5.32 Å². The lowest BCUT2D eigenvalue weighted by Crippen LogP contribution is -2.50. The molecule has 1 amide bonds. The van der Waals surface area contributed by atoms with Crippen LogP contribution < -0.4 is 11.1 Å². The monoisotopic (exact) mass is 300 g/mol. The SMILES string of the molecule is CC(C)(CN)NC(=O)C1SCCc2ccccc21.Cl. The zero-order chi connectivity index (χ0) is 13.2. The van der Waals surface area contributed by atoms with Gasteiger partial charge in [0.05, 0.1) is 0 Å². The molecule has 0 bridgehead atoms. The summed E-state index contributed by atoms with van der Waals surface area (Å²) in [4.78, 5) is 12.3. The average Bonchev–Trinajstić information content (AvgIpc) is 2.37. The molecule has 1 aliphatic rings. The Balaban J connectivity index is 0.00000180. The fraction of sp³-hybridized carbons (Fsp3) is 0.500. The molecule has 0 aliphatic carbocycles. The number of benzene rings is 1. The highest BCUT2D eigenvalue weighted by Gasteiger charge is 2.29. The Morgan fingerprint density at radius 2 is 2.16 bits per heavy atom. The van der Waals surface area contributed by atoms with E-state index in [1.54, 1.807) is 11.8 Å². The average molecular weight is 301 g/mol. The van der Waals surface area contributed by atoms with Crippen molar-refractivity contribution in [3.63, 3.8) is 0 Å². The first-order chi connectivity index (χ1) is 8.53. The molecule has 1 aromatic rings. The maximum Gasteiger partial charge on any atom is 0.238 e. The van der Waals surface area contributed by atoms with Crippen molar-refractivity contribution >= 4 is 30.1 Å². The molecular formula is C14H21ClN2OS. The topological polar surface area (TPSA) is 55.1 Å². The highest BCUT2D eigenvalue weighted by atomic mass is 35.5. The molecule has 0 fully saturated rings. The molecule has 3 nitrogen and oxygen atoms in total. The number of halogens is 1. The van der Waals surface area contributed by atoms with Gasteiger partial charge >= 0.3 is 0 Å². The third-order valence-electron chi connectivity index (χ3n) is 3.20. The number of fused-ring (bicyclic) bond motifs is 1. The fourth-order valence-electron chi connectivity index (χ4n) is 2.06. The summed E-state index contributed by atoms with van der Waals surface area (Å²) in [5.74, 6) is 1.07. The molecule has 0 spiro atoms. The number of rotatable bonds is 3. The number of carbonyl (C=O) groups excluding carboxylic acids is 1. The zero-order valence-corrected chi connectivity index (χ0v) is 12.9. The van der Waals surface area contributed by atoms with Crippen LogP contribution in [0.1, 0.15) is 30.2 Å². The minimum atomic E-state index is -0.343. The number of aryl methyl sites for hydroxylation is 1. The van der Waals surface area contributed by atoms with E-state index < -0.39 is 0 Å². The summed E-state index contributed by atoms with van der Waals surface area (Å²) in [5.41, 5.74) is 7.76. The molecule has 3 N–H and O–H groups in total. The standard InChI is InChI=1S/C14H20N2OS.ClH/c1-14(2,9-15)16-13(17)12-11-6-4-3-5-10(11)7-8-18-12;/h3-6,12H,7-9,15H2,1-2H3,(H,16,17);1H. The molecule has 1 aliphatic heterocycles. The first-order valence-corrected chi connectivity index (χ1v) is 7.30. The van der Waals surface area contributed by atoms with E-state index >= 15 is 0 Å². The van der Waals surface area contributed by atoms with Crippen molar-refractivity contribution < 1.29 is 4.79 Å². The molecule has 1 unspecified atom stereocenters. The second kappa shape index (κ2) is 6.64. The molecule has 19 heavy (non-hydrogen) atoms. The Labute approximate surface area is 125 Å². The molecule has 2 rings (SSSR count). The van der Waals surface area contributed by atoms with Crippen molar-refractivity contribution in [2.75, 3.05) is 12.3 Å². The summed E-state index contributed by atoms with van der Waals surface area (Å²) < 4.78 is 0. The Morgan fingerprint density at radius 3 is 2.84 bits per heavy atom. The Hall–Kier alpha value is -0.710. The number of nitrogens with one attached hydrogen (secondary N) is 1. The van der Waals surface area contributed by atoms with Crippen LogP contribution in [0.25, 0.3) is 0 Å². The lowest BCUT2D eigenvalue weighted by Gasteiger charge is -2.30. The van der Waals surface area contributed by atoms with E-state index in [0.29, 0.717) is 6.54 Å². The van der Waals surface area contributed by atoms with Gasteiger partial charge in [0.2, 0.25) is 5.91 Å². The number of carbonyl (C=O) groups is 1. The van der Waals surface area contributed by atoms with Crippen LogP contribution in [0.4, 0.5) is 0 Å². The van der Waals surface area contributed by atoms with Gasteiger partial charge in [0.15, 0.2) is 0 Å². The van der Waals surface area contributed by atoms with Gasteiger partial charge in [-0.3, -0.25) is 4.79 Å². The molecule has 0 saturated carbocycles. The first kappa shape index (κ1) is 16.3. The number of thioether (sulfide) groups is 1. The second-order valence-electron chi connectivity index (χ2n) is 5.28. The molecule has 0 saturated heterocycles. The van der Waals surface area contributed by atoms with Gasteiger partial charge in [-0.15, -0.1) is 24.2 Å². The Bertz CT molecular complexity index is 451. The van der Waals surface area contributed by atoms with Crippen molar-refractivity contribution in [3.8, 4) is 0 Å². The number of hydrogen-bond donors (Lipinski definition) is 2. The van der Waals surface area contributed by atoms with Gasteiger partial charge in [-0.25, -0.2) is 0 Å². The summed E-state index contributed by atoms with van der Waals surface area (Å²) in [6, 6.07) is 8.21. The molecule has 106 valence electrons. The summed E-state index contributed by atoms with van der Waals surface area (Å²) in [7, 11) is 0. The van der Waals surface area contributed by atoms with Gasteiger partial charge < -0.3 is 11.1 Å². The van der Waals surface area contributed by atoms with Gasteiger partial charge in [-0.2, -0.15) is 0 Å². The molecule has 1 heterocycles. The quantitative estimate of drug-likeness (QED) is 0.900. The largest absolute Gasteiger partial charge is 0.349 e. The summed E-state index contributed by atoms with van der Waals surface area (Å²) >= 11 is 1.71. The van der Waals surface area contributed by atoms with Crippen LogP contribution in [-0.4, -0.2) is 23.7 Å². The minimum Gasteiger partial charge on any atom is -0.349 e. The number of hydrogen-bond acceptors (Lipinski definition) is 3. The Morgan fingerprint density at radius 1 is 1.47 bits per heavy atom. The molecule has 0 radical (unpaired) electrons. The predicted molar refractivity (Wildman–Crippen MR) is 83.9 cm³/mol. The van der Waals surface area contributed by atoms with Gasteiger partial charge in [0.25, 0.3) is 0 Å². The highest BCUT2D eigenvalue weighted by molar-refractivity contribution is 8.00. The molecule has 5 heteroatoms. The van der Waals surface area contributed by atoms with Crippen LogP contribution in [0, 0.1) is 0 Å². The van der Waals surface area contributed by atoms with Crippen LogP contribution in [0.15, 0.2) is 24.3 Å². The smallest absolute Gasteiger partial charge is 0.238 e. The van der Waals surface area contributed by atoms with Crippen LogP contribution in [0.5, 0.6) is 0 Å². The van der Waals surface area contributed by atoms with Gasteiger partial charge in [-0.1, -0.05) is 24.3 Å². The van der Waals surface area contributed by atoms with Crippen LogP contribution in [-0.2, 0) is 11.2 Å². The normalized spacial score (nSPS) is 18.2. The fourth-order valence-corrected chi connectivity index (χ4v) is 3.25. The van der Waals surface area contributed by atoms with E-state index in [2.05, 4.69) is 17.4 Å². The predicted octanol–water partition coefficient (Wildman–Crippen LogP) is 2.29. The maximum atomic E-state index is 12.3. The number of amides is 1. The second-order valence-corrected chi connectivity index (χ2v) is 6.49. The van der Waals surface area contributed by atoms with Crippen LogP contribution in [0.2, 0.25) is 0 Å². The molecule has 1 atom stereocenters. The summed E-state index contributed by atoms with van der Waals surface area (Å²) in [5, 5.41) is 2.94.